The highest BCUT2D eigenvalue weighted by Crippen LogP contribution is 2.39. The van der Waals surface area contributed by atoms with Crippen LogP contribution in [0.3, 0.4) is 0 Å². The predicted octanol–water partition coefficient (Wildman–Crippen LogP) is 4.43. The lowest BCUT2D eigenvalue weighted by atomic mass is 10.2. The van der Waals surface area contributed by atoms with Crippen molar-refractivity contribution in [3.63, 3.8) is 0 Å². The summed E-state index contributed by atoms with van der Waals surface area (Å²) in [7, 11) is 3.04. The third-order valence-electron chi connectivity index (χ3n) is 2.72. The summed E-state index contributed by atoms with van der Waals surface area (Å²) in [5, 5.41) is 0.982. The van der Waals surface area contributed by atoms with Crippen LogP contribution in [0.4, 0.5) is 0 Å². The molecule has 0 aliphatic heterocycles. The number of hydrogen-bond acceptors (Lipinski definition) is 4. The number of benzene rings is 1. The molecule has 2 aromatic rings. The van der Waals surface area contributed by atoms with E-state index in [0.29, 0.717) is 43.8 Å². The number of nitrogens with zero attached hydrogens (tertiary/aromatic N) is 2. The zero-order valence-corrected chi connectivity index (χ0v) is 13.3. The maximum atomic E-state index is 6.15. The molecule has 7 heteroatoms. The first kappa shape index (κ1) is 15.2. The van der Waals surface area contributed by atoms with Gasteiger partial charge in [0.15, 0.2) is 17.3 Å². The number of halogens is 3. The van der Waals surface area contributed by atoms with Crippen LogP contribution in [0.25, 0.3) is 11.4 Å². The fourth-order valence-electron chi connectivity index (χ4n) is 1.64. The zero-order chi connectivity index (χ0) is 14.9. The molecule has 0 radical (unpaired) electrons. The van der Waals surface area contributed by atoms with Crippen LogP contribution >= 0.6 is 34.8 Å². The highest BCUT2D eigenvalue weighted by atomic mass is 35.5. The van der Waals surface area contributed by atoms with Gasteiger partial charge in [0.05, 0.1) is 19.2 Å². The van der Waals surface area contributed by atoms with Crippen LogP contribution in [0.1, 0.15) is 5.56 Å². The molecule has 1 heterocycles. The molecule has 106 valence electrons. The molecule has 0 fully saturated rings. The summed E-state index contributed by atoms with van der Waals surface area (Å²) in [4.78, 5) is 8.38. The Morgan fingerprint density at radius 2 is 1.55 bits per heavy atom. The van der Waals surface area contributed by atoms with Gasteiger partial charge >= 0.3 is 0 Å². The molecule has 0 saturated carbocycles. The maximum absolute atomic E-state index is 6.15. The van der Waals surface area contributed by atoms with Crippen molar-refractivity contribution in [2.24, 2.45) is 0 Å². The molecule has 0 spiro atoms. The van der Waals surface area contributed by atoms with Gasteiger partial charge in [-0.25, -0.2) is 9.97 Å². The van der Waals surface area contributed by atoms with Crippen molar-refractivity contribution in [2.75, 3.05) is 14.2 Å². The Morgan fingerprint density at radius 1 is 0.950 bits per heavy atom. The minimum Gasteiger partial charge on any atom is -0.493 e. The molecular weight excluding hydrogens is 323 g/mol. The third-order valence-corrected chi connectivity index (χ3v) is 3.74. The van der Waals surface area contributed by atoms with E-state index in [2.05, 4.69) is 9.97 Å². The topological polar surface area (TPSA) is 44.2 Å². The Kier molecular flexibility index (Phi) is 4.58. The molecule has 0 unspecified atom stereocenters. The molecular formula is C13H11Cl3N2O2. The summed E-state index contributed by atoms with van der Waals surface area (Å²) < 4.78 is 10.4. The number of rotatable bonds is 3. The monoisotopic (exact) mass is 332 g/mol. The van der Waals surface area contributed by atoms with Gasteiger partial charge in [-0.2, -0.15) is 0 Å². The van der Waals surface area contributed by atoms with E-state index in [9.17, 15) is 0 Å². The first-order valence-corrected chi connectivity index (χ1v) is 6.72. The zero-order valence-electron chi connectivity index (χ0n) is 11.0. The van der Waals surface area contributed by atoms with Crippen molar-refractivity contribution in [2.45, 2.75) is 6.92 Å². The number of aromatic nitrogens is 2. The normalized spacial score (nSPS) is 10.5. The molecule has 0 atom stereocenters. The van der Waals surface area contributed by atoms with Crippen LogP contribution in [-0.4, -0.2) is 24.2 Å². The summed E-state index contributed by atoms with van der Waals surface area (Å²) in [6, 6.07) is 3.38. The summed E-state index contributed by atoms with van der Waals surface area (Å²) in [5.41, 5.74) is 1.26. The lowest BCUT2D eigenvalue weighted by Crippen LogP contribution is -1.96. The van der Waals surface area contributed by atoms with Crippen LogP contribution in [0.15, 0.2) is 12.1 Å². The third kappa shape index (κ3) is 2.77. The van der Waals surface area contributed by atoms with Crippen molar-refractivity contribution in [1.82, 2.24) is 9.97 Å². The van der Waals surface area contributed by atoms with Crippen LogP contribution in [0, 0.1) is 6.92 Å². The van der Waals surface area contributed by atoms with Gasteiger partial charge < -0.3 is 9.47 Å². The SMILES string of the molecule is COc1cc(-c2nc(Cl)c(C)c(Cl)n2)cc(Cl)c1OC. The average molecular weight is 334 g/mol. The van der Waals surface area contributed by atoms with Gasteiger partial charge in [0, 0.05) is 11.1 Å². The smallest absolute Gasteiger partial charge is 0.179 e. The Labute approximate surface area is 131 Å². The lowest BCUT2D eigenvalue weighted by molar-refractivity contribution is 0.355. The minimum atomic E-state index is 0.297. The fourth-order valence-corrected chi connectivity index (χ4v) is 2.32. The molecule has 1 aromatic heterocycles. The van der Waals surface area contributed by atoms with Crippen LogP contribution < -0.4 is 9.47 Å². The standard InChI is InChI=1S/C13H11Cl3N2O2/c1-6-11(15)17-13(18-12(6)16)7-4-8(14)10(20-3)9(5-7)19-2/h4-5H,1-3H3. The molecule has 0 N–H and O–H groups in total. The Morgan fingerprint density at radius 3 is 2.05 bits per heavy atom. The Bertz CT molecular complexity index is 639. The van der Waals surface area contributed by atoms with E-state index in [-0.39, 0.29) is 0 Å². The Hall–Kier alpha value is -1.23. The van der Waals surface area contributed by atoms with Gasteiger partial charge in [-0.05, 0) is 19.1 Å². The van der Waals surface area contributed by atoms with E-state index in [1.54, 1.807) is 19.1 Å². The first-order chi connectivity index (χ1) is 9.47. The lowest BCUT2D eigenvalue weighted by Gasteiger charge is -2.11. The minimum absolute atomic E-state index is 0.297. The molecule has 4 nitrogen and oxygen atoms in total. The average Bonchev–Trinajstić information content (AvgIpc) is 2.43. The molecule has 0 aliphatic rings. The fraction of sp³-hybridized carbons (Fsp3) is 0.231. The second kappa shape index (κ2) is 6.04. The van der Waals surface area contributed by atoms with E-state index in [1.165, 1.54) is 14.2 Å². The molecule has 0 amide bonds. The van der Waals surface area contributed by atoms with Gasteiger partial charge in [-0.3, -0.25) is 0 Å². The summed E-state index contributed by atoms with van der Waals surface area (Å²) in [5.74, 6) is 1.29. The van der Waals surface area contributed by atoms with E-state index >= 15 is 0 Å². The van der Waals surface area contributed by atoms with Crippen LogP contribution in [0.2, 0.25) is 15.3 Å². The van der Waals surface area contributed by atoms with Gasteiger partial charge in [-0.15, -0.1) is 0 Å². The molecule has 1 aromatic carbocycles. The highest BCUT2D eigenvalue weighted by molar-refractivity contribution is 6.34. The quantitative estimate of drug-likeness (QED) is 0.779. The van der Waals surface area contributed by atoms with Crippen molar-refractivity contribution >= 4 is 34.8 Å². The Balaban J connectivity index is 2.62. The van der Waals surface area contributed by atoms with Crippen LogP contribution in [-0.2, 0) is 0 Å². The molecule has 0 saturated heterocycles. The summed E-state index contributed by atoms with van der Waals surface area (Å²) in [6.45, 7) is 1.75. The van der Waals surface area contributed by atoms with Crippen molar-refractivity contribution in [1.29, 1.82) is 0 Å². The predicted molar refractivity (Wildman–Crippen MR) is 80.3 cm³/mol. The van der Waals surface area contributed by atoms with E-state index in [0.717, 1.165) is 0 Å². The van der Waals surface area contributed by atoms with E-state index in [4.69, 9.17) is 44.3 Å². The molecule has 2 rings (SSSR count). The van der Waals surface area contributed by atoms with Gasteiger partial charge in [0.2, 0.25) is 0 Å². The molecule has 0 aliphatic carbocycles. The van der Waals surface area contributed by atoms with Crippen LogP contribution in [0.5, 0.6) is 11.5 Å². The molecule has 0 bridgehead atoms. The van der Waals surface area contributed by atoms with Crippen molar-refractivity contribution < 1.29 is 9.47 Å². The van der Waals surface area contributed by atoms with Crippen molar-refractivity contribution in [3.05, 3.63) is 33.0 Å². The second-order valence-electron chi connectivity index (χ2n) is 3.95. The summed E-state index contributed by atoms with van der Waals surface area (Å²) >= 11 is 18.2. The maximum Gasteiger partial charge on any atom is 0.179 e. The van der Waals surface area contributed by atoms with E-state index in [1.807, 2.05) is 0 Å². The summed E-state index contributed by atoms with van der Waals surface area (Å²) in [6.07, 6.45) is 0. The number of hydrogen-bond donors (Lipinski definition) is 0. The van der Waals surface area contributed by atoms with Gasteiger partial charge in [0.25, 0.3) is 0 Å². The highest BCUT2D eigenvalue weighted by Gasteiger charge is 2.15. The number of methoxy groups -OCH3 is 2. The second-order valence-corrected chi connectivity index (χ2v) is 5.07. The van der Waals surface area contributed by atoms with Gasteiger partial charge in [-0.1, -0.05) is 34.8 Å². The number of ether oxygens (including phenoxy) is 2. The largest absolute Gasteiger partial charge is 0.493 e. The van der Waals surface area contributed by atoms with Gasteiger partial charge in [0.1, 0.15) is 10.3 Å². The van der Waals surface area contributed by atoms with Crippen molar-refractivity contribution in [3.8, 4) is 22.9 Å². The molecule has 20 heavy (non-hydrogen) atoms. The van der Waals surface area contributed by atoms with E-state index < -0.39 is 0 Å². The first-order valence-electron chi connectivity index (χ1n) is 5.59.